The largest absolute Gasteiger partial charge is 0.305 e. The zero-order chi connectivity index (χ0) is 31.1. The fourth-order valence-electron chi connectivity index (χ4n) is 5.07. The van der Waals surface area contributed by atoms with Gasteiger partial charge in [0, 0.05) is 38.6 Å². The molecular formula is C38H33FIrN2SSi-2. The van der Waals surface area contributed by atoms with Gasteiger partial charge in [0.15, 0.2) is 0 Å². The summed E-state index contributed by atoms with van der Waals surface area (Å²) >= 11 is 1.68. The molecule has 0 saturated heterocycles. The van der Waals surface area contributed by atoms with Gasteiger partial charge in [-0.3, -0.25) is 0 Å². The maximum atomic E-state index is 13.6. The van der Waals surface area contributed by atoms with Crippen molar-refractivity contribution >= 4 is 55.5 Å². The Morgan fingerprint density at radius 1 is 0.818 bits per heavy atom. The number of hydrogen-bond acceptors (Lipinski definition) is 3. The first-order chi connectivity index (χ1) is 21.0. The summed E-state index contributed by atoms with van der Waals surface area (Å²) in [5.74, 6) is -0.908. The van der Waals surface area contributed by atoms with Crippen molar-refractivity contribution in [1.29, 1.82) is 0 Å². The van der Waals surface area contributed by atoms with Crippen LogP contribution in [0, 0.1) is 17.9 Å². The Morgan fingerprint density at radius 2 is 1.66 bits per heavy atom. The first-order valence-corrected chi connectivity index (χ1v) is 18.7. The van der Waals surface area contributed by atoms with Gasteiger partial charge < -0.3 is 9.97 Å². The van der Waals surface area contributed by atoms with Gasteiger partial charge in [0.2, 0.25) is 0 Å². The molecule has 0 aliphatic carbocycles. The van der Waals surface area contributed by atoms with Crippen molar-refractivity contribution in [1.82, 2.24) is 9.97 Å². The molecular weight excluding hydrogens is 756 g/mol. The van der Waals surface area contributed by atoms with E-state index in [1.807, 2.05) is 68.6 Å². The molecule has 0 aliphatic heterocycles. The van der Waals surface area contributed by atoms with Crippen molar-refractivity contribution in [3.8, 4) is 22.5 Å². The Kier molecular flexibility index (Phi) is 9.15. The molecule has 7 rings (SSSR count). The average Bonchev–Trinajstić information content (AvgIpc) is 3.37. The van der Waals surface area contributed by atoms with E-state index < -0.39 is 14.0 Å². The summed E-state index contributed by atoms with van der Waals surface area (Å²) in [7, 11) is -1.23. The van der Waals surface area contributed by atoms with E-state index in [-0.39, 0.29) is 25.9 Å². The van der Waals surface area contributed by atoms with Crippen LogP contribution in [0.3, 0.4) is 0 Å². The van der Waals surface area contributed by atoms with E-state index in [2.05, 4.69) is 72.1 Å². The van der Waals surface area contributed by atoms with E-state index >= 15 is 0 Å². The molecule has 0 N–H and O–H groups in total. The Bertz CT molecular complexity index is 2100. The summed E-state index contributed by atoms with van der Waals surface area (Å²) in [6.45, 7) is 10.7. The fourth-order valence-corrected chi connectivity index (χ4v) is 7.35. The second kappa shape index (κ2) is 13.2. The van der Waals surface area contributed by atoms with E-state index in [4.69, 9.17) is 1.37 Å². The van der Waals surface area contributed by atoms with Gasteiger partial charge in [0.25, 0.3) is 0 Å². The third-order valence-corrected chi connectivity index (χ3v) is 10.8. The van der Waals surface area contributed by atoms with Crippen molar-refractivity contribution in [2.24, 2.45) is 0 Å². The molecule has 2 nitrogen and oxygen atoms in total. The van der Waals surface area contributed by atoms with Crippen molar-refractivity contribution < 1.29 is 25.9 Å². The summed E-state index contributed by atoms with van der Waals surface area (Å²) in [4.78, 5) is 9.07. The maximum absolute atomic E-state index is 13.6. The number of rotatable bonds is 4. The first kappa shape index (κ1) is 30.5. The Labute approximate surface area is 278 Å². The monoisotopic (exact) mass is 790 g/mol. The second-order valence-corrected chi connectivity index (χ2v) is 18.1. The molecule has 6 heteroatoms. The van der Waals surface area contributed by atoms with Gasteiger partial charge in [-0.15, -0.1) is 59.7 Å². The van der Waals surface area contributed by atoms with E-state index in [0.29, 0.717) is 0 Å². The van der Waals surface area contributed by atoms with Crippen LogP contribution in [0.5, 0.6) is 0 Å². The number of fused-ring (bicyclic) bond motifs is 4. The molecule has 3 heterocycles. The van der Waals surface area contributed by atoms with Gasteiger partial charge in [-0.25, -0.2) is 4.39 Å². The summed E-state index contributed by atoms with van der Waals surface area (Å²) in [6, 6.07) is 35.7. The molecule has 0 bridgehead atoms. The van der Waals surface area contributed by atoms with Crippen LogP contribution in [-0.2, 0) is 20.1 Å². The molecule has 0 saturated carbocycles. The second-order valence-electron chi connectivity index (χ2n) is 11.9. The van der Waals surface area contributed by atoms with Crippen LogP contribution in [0.15, 0.2) is 103 Å². The number of aromatic nitrogens is 2. The molecule has 0 atom stereocenters. The van der Waals surface area contributed by atoms with E-state index in [9.17, 15) is 4.39 Å². The maximum Gasteiger partial charge on any atom is 0.123 e. The van der Waals surface area contributed by atoms with E-state index in [0.717, 1.165) is 59.0 Å². The van der Waals surface area contributed by atoms with Crippen molar-refractivity contribution in [2.45, 2.75) is 39.4 Å². The average molecular weight is 790 g/mol. The smallest absolute Gasteiger partial charge is 0.123 e. The van der Waals surface area contributed by atoms with Crippen molar-refractivity contribution in [3.05, 3.63) is 127 Å². The number of thiophene rings is 1. The molecule has 7 aromatic rings. The number of halogens is 1. The first-order valence-electron chi connectivity index (χ1n) is 14.8. The van der Waals surface area contributed by atoms with Crippen LogP contribution in [0.4, 0.5) is 4.39 Å². The Hall–Kier alpha value is -3.54. The van der Waals surface area contributed by atoms with Crippen LogP contribution in [0.1, 0.15) is 26.7 Å². The zero-order valence-electron chi connectivity index (χ0n) is 26.3. The quantitative estimate of drug-likeness (QED) is 0.131. The molecule has 44 heavy (non-hydrogen) atoms. The summed E-state index contributed by atoms with van der Waals surface area (Å²) < 4.78 is 24.2. The molecule has 0 amide bonds. The van der Waals surface area contributed by atoms with Gasteiger partial charge in [0.05, 0.1) is 8.07 Å². The van der Waals surface area contributed by atoms with Gasteiger partial charge >= 0.3 is 0 Å². The van der Waals surface area contributed by atoms with Crippen LogP contribution in [-0.4, -0.2) is 18.0 Å². The number of nitrogens with zero attached hydrogens (tertiary/aromatic N) is 2. The van der Waals surface area contributed by atoms with E-state index in [1.165, 1.54) is 11.3 Å². The van der Waals surface area contributed by atoms with Crippen LogP contribution < -0.4 is 5.19 Å². The summed E-state index contributed by atoms with van der Waals surface area (Å²) in [5.41, 5.74) is 4.75. The molecule has 3 aromatic heterocycles. The SMILES string of the molecule is C[Si](C)(C)c1ccc(-c2[c-]cccc2)nc1.[2H]C(C)(C)c1ccnc(-c2[c-]ccc3c2sc2cc4cc(F)ccc4cc23)c1.[Ir]. The number of benzene rings is 4. The van der Waals surface area contributed by atoms with Crippen molar-refractivity contribution in [2.75, 3.05) is 0 Å². The third-order valence-electron chi connectivity index (χ3n) is 7.56. The van der Waals surface area contributed by atoms with Gasteiger partial charge in [-0.05, 0) is 73.7 Å². The predicted octanol–water partition coefficient (Wildman–Crippen LogP) is 10.4. The van der Waals surface area contributed by atoms with Crippen molar-refractivity contribution in [3.63, 3.8) is 0 Å². The van der Waals surface area contributed by atoms with Crippen LogP contribution >= 0.6 is 11.3 Å². The zero-order valence-corrected chi connectivity index (χ0v) is 29.5. The van der Waals surface area contributed by atoms with E-state index in [1.54, 1.807) is 23.6 Å². The minimum absolute atomic E-state index is 0. The van der Waals surface area contributed by atoms with Gasteiger partial charge in [-0.2, -0.15) is 11.3 Å². The minimum Gasteiger partial charge on any atom is -0.305 e. The molecule has 0 fully saturated rings. The molecule has 0 aliphatic rings. The molecule has 1 radical (unpaired) electrons. The van der Waals surface area contributed by atoms with Crippen LogP contribution in [0.25, 0.3) is 53.5 Å². The number of hydrogen-bond donors (Lipinski definition) is 0. The fraction of sp³-hybridized carbons (Fsp3) is 0.158. The Morgan fingerprint density at radius 3 is 2.36 bits per heavy atom. The van der Waals surface area contributed by atoms with Gasteiger partial charge in [-0.1, -0.05) is 68.7 Å². The third kappa shape index (κ3) is 6.74. The molecule has 0 unspecified atom stereocenters. The summed E-state index contributed by atoms with van der Waals surface area (Å²) in [5, 5.41) is 5.63. The Balaban J connectivity index is 0.000000202. The normalized spacial score (nSPS) is 12.0. The standard InChI is InChI=1S/C24H17FNS.C14H16NSi.Ir/c1-14(2)15-8-9-26-22(12-15)20-5-3-4-19-21-11-16-6-7-18(25)10-17(16)13-23(21)27-24(19)20;1-16(2,3)13-9-10-14(15-11-13)12-7-5-4-6-8-12;/h3-4,6-14H,1-2H3;4-7,9-11H,1-3H3;/q2*-1;/i14D;;. The number of pyridine rings is 2. The van der Waals surface area contributed by atoms with Crippen LogP contribution in [0.2, 0.25) is 19.6 Å². The topological polar surface area (TPSA) is 25.8 Å². The predicted molar refractivity (Wildman–Crippen MR) is 184 cm³/mol. The summed E-state index contributed by atoms with van der Waals surface area (Å²) in [6.07, 6.45) is 3.78. The molecule has 0 spiro atoms. The molecule has 4 aromatic carbocycles. The molecule has 223 valence electrons. The minimum atomic E-state index is -1.23. The van der Waals surface area contributed by atoms with Gasteiger partial charge in [0.1, 0.15) is 5.82 Å².